The molecule has 0 radical (unpaired) electrons. The molecular formula is C16H26N2O4S. The van der Waals surface area contributed by atoms with E-state index >= 15 is 0 Å². The van der Waals surface area contributed by atoms with Gasteiger partial charge >= 0.3 is 5.97 Å². The third-order valence-corrected chi connectivity index (χ3v) is 5.02. The van der Waals surface area contributed by atoms with Crippen LogP contribution in [0.25, 0.3) is 0 Å². The normalized spacial score (nSPS) is 13.1. The number of carboxylic acid groups (broad SMARTS) is 1. The maximum atomic E-state index is 12.3. The highest BCUT2D eigenvalue weighted by Crippen LogP contribution is 2.22. The van der Waals surface area contributed by atoms with Crippen LogP contribution in [0.15, 0.2) is 23.1 Å². The predicted octanol–water partition coefficient (Wildman–Crippen LogP) is 2.92. The Hall–Kier alpha value is -1.60. The molecular weight excluding hydrogens is 316 g/mol. The fourth-order valence-electron chi connectivity index (χ4n) is 1.93. The van der Waals surface area contributed by atoms with Crippen LogP contribution in [-0.2, 0) is 10.0 Å². The summed E-state index contributed by atoms with van der Waals surface area (Å²) in [6, 6.07) is 4.23. The highest BCUT2D eigenvalue weighted by Gasteiger charge is 2.19. The Morgan fingerprint density at radius 3 is 2.43 bits per heavy atom. The number of carbonyl (C=O) groups is 1. The molecule has 0 aromatic heterocycles. The molecule has 0 saturated carbocycles. The van der Waals surface area contributed by atoms with Crippen LogP contribution in [0.2, 0.25) is 0 Å². The molecule has 0 spiro atoms. The first-order valence-electron chi connectivity index (χ1n) is 7.81. The highest BCUT2D eigenvalue weighted by atomic mass is 32.2. The van der Waals surface area contributed by atoms with Gasteiger partial charge in [-0.1, -0.05) is 20.8 Å². The third-order valence-electron chi connectivity index (χ3n) is 3.56. The number of aromatic carboxylic acids is 1. The number of sulfonamides is 1. The van der Waals surface area contributed by atoms with Gasteiger partial charge in [0.1, 0.15) is 0 Å². The number of rotatable bonds is 9. The molecule has 0 fully saturated rings. The van der Waals surface area contributed by atoms with Crippen LogP contribution < -0.4 is 10.0 Å². The number of carboxylic acids is 1. The first-order chi connectivity index (χ1) is 10.7. The molecule has 0 aliphatic rings. The van der Waals surface area contributed by atoms with Crippen molar-refractivity contribution in [2.24, 2.45) is 5.92 Å². The molecule has 6 nitrogen and oxygen atoms in total. The molecule has 3 N–H and O–H groups in total. The van der Waals surface area contributed by atoms with Gasteiger partial charge in [-0.2, -0.15) is 0 Å². The topological polar surface area (TPSA) is 95.5 Å². The molecule has 130 valence electrons. The Kier molecular flexibility index (Phi) is 7.02. The molecule has 0 bridgehead atoms. The van der Waals surface area contributed by atoms with Crippen molar-refractivity contribution in [2.75, 3.05) is 11.9 Å². The number of hydrogen-bond donors (Lipinski definition) is 3. The summed E-state index contributed by atoms with van der Waals surface area (Å²) < 4.78 is 27.0. The summed E-state index contributed by atoms with van der Waals surface area (Å²) >= 11 is 0. The maximum absolute atomic E-state index is 12.3. The molecule has 7 heteroatoms. The Morgan fingerprint density at radius 1 is 1.26 bits per heavy atom. The molecule has 1 rings (SSSR count). The van der Waals surface area contributed by atoms with Crippen molar-refractivity contribution in [3.8, 4) is 0 Å². The number of nitrogens with one attached hydrogen (secondary N) is 2. The van der Waals surface area contributed by atoms with Crippen LogP contribution in [0.5, 0.6) is 0 Å². The van der Waals surface area contributed by atoms with E-state index in [4.69, 9.17) is 0 Å². The summed E-state index contributed by atoms with van der Waals surface area (Å²) in [6.07, 6.45) is 1.55. The standard InChI is InChI=1S/C16H26N2O4S/c1-5-12(4)18-15-7-6-13(10-14(15)16(19)20)23(21,22)17-9-8-11(2)3/h6-7,10-12,17-18H,5,8-9H2,1-4H3,(H,19,20)/t12-/m0/s1. The minimum Gasteiger partial charge on any atom is -0.478 e. The second-order valence-electron chi connectivity index (χ2n) is 6.05. The number of hydrogen-bond acceptors (Lipinski definition) is 4. The average Bonchev–Trinajstić information content (AvgIpc) is 2.46. The lowest BCUT2D eigenvalue weighted by molar-refractivity contribution is 0.0697. The minimum atomic E-state index is -3.70. The highest BCUT2D eigenvalue weighted by molar-refractivity contribution is 7.89. The van der Waals surface area contributed by atoms with Crippen molar-refractivity contribution in [3.05, 3.63) is 23.8 Å². The van der Waals surface area contributed by atoms with Gasteiger partial charge in [0.25, 0.3) is 0 Å². The Labute approximate surface area is 138 Å². The van der Waals surface area contributed by atoms with Crippen LogP contribution in [0.1, 0.15) is 50.9 Å². The monoisotopic (exact) mass is 342 g/mol. The lowest BCUT2D eigenvalue weighted by Gasteiger charge is -2.16. The maximum Gasteiger partial charge on any atom is 0.337 e. The summed E-state index contributed by atoms with van der Waals surface area (Å²) in [5.74, 6) is -0.774. The van der Waals surface area contributed by atoms with Gasteiger partial charge in [-0.3, -0.25) is 0 Å². The summed E-state index contributed by atoms with van der Waals surface area (Å²) in [6.45, 7) is 8.26. The van der Waals surface area contributed by atoms with E-state index in [1.54, 1.807) is 0 Å². The summed E-state index contributed by atoms with van der Waals surface area (Å²) in [7, 11) is -3.70. The third kappa shape index (κ3) is 5.84. The second kappa shape index (κ2) is 8.31. The van der Waals surface area contributed by atoms with E-state index in [1.165, 1.54) is 18.2 Å². The quantitative estimate of drug-likeness (QED) is 0.641. The van der Waals surface area contributed by atoms with Gasteiger partial charge < -0.3 is 10.4 Å². The molecule has 1 atom stereocenters. The molecule has 23 heavy (non-hydrogen) atoms. The van der Waals surface area contributed by atoms with Gasteiger partial charge in [0.05, 0.1) is 10.5 Å². The minimum absolute atomic E-state index is 0.0339. The van der Waals surface area contributed by atoms with Crippen molar-refractivity contribution >= 4 is 21.7 Å². The Morgan fingerprint density at radius 2 is 1.91 bits per heavy atom. The van der Waals surface area contributed by atoms with Gasteiger partial charge in [0, 0.05) is 18.3 Å². The first-order valence-corrected chi connectivity index (χ1v) is 9.29. The molecule has 0 aliphatic carbocycles. The zero-order chi connectivity index (χ0) is 17.6. The van der Waals surface area contributed by atoms with Crippen LogP contribution >= 0.6 is 0 Å². The van der Waals surface area contributed by atoms with Gasteiger partial charge in [-0.05, 0) is 43.9 Å². The van der Waals surface area contributed by atoms with Crippen LogP contribution in [0.4, 0.5) is 5.69 Å². The number of benzene rings is 1. The van der Waals surface area contributed by atoms with E-state index < -0.39 is 16.0 Å². The van der Waals surface area contributed by atoms with E-state index in [2.05, 4.69) is 10.0 Å². The van der Waals surface area contributed by atoms with Crippen molar-refractivity contribution in [1.29, 1.82) is 0 Å². The molecule has 0 aliphatic heterocycles. The molecule has 0 amide bonds. The van der Waals surface area contributed by atoms with Gasteiger partial charge in [-0.25, -0.2) is 17.9 Å². The molecule has 1 aromatic carbocycles. The van der Waals surface area contributed by atoms with Crippen molar-refractivity contribution < 1.29 is 18.3 Å². The molecule has 1 aromatic rings. The van der Waals surface area contributed by atoms with E-state index in [0.29, 0.717) is 18.2 Å². The predicted molar refractivity (Wildman–Crippen MR) is 91.4 cm³/mol. The van der Waals surface area contributed by atoms with E-state index in [1.807, 2.05) is 27.7 Å². The fraction of sp³-hybridized carbons (Fsp3) is 0.562. The van der Waals surface area contributed by atoms with E-state index in [9.17, 15) is 18.3 Å². The fourth-order valence-corrected chi connectivity index (χ4v) is 3.00. The van der Waals surface area contributed by atoms with Crippen LogP contribution in [0, 0.1) is 5.92 Å². The van der Waals surface area contributed by atoms with Crippen molar-refractivity contribution in [2.45, 2.75) is 51.5 Å². The summed E-state index contributed by atoms with van der Waals surface area (Å²) in [4.78, 5) is 11.4. The van der Waals surface area contributed by atoms with E-state index in [0.717, 1.165) is 12.8 Å². The van der Waals surface area contributed by atoms with Crippen molar-refractivity contribution in [1.82, 2.24) is 4.72 Å². The summed E-state index contributed by atoms with van der Waals surface area (Å²) in [5.41, 5.74) is 0.380. The Bertz CT molecular complexity index is 641. The zero-order valence-corrected chi connectivity index (χ0v) is 14.9. The largest absolute Gasteiger partial charge is 0.478 e. The summed E-state index contributed by atoms with van der Waals surface area (Å²) in [5, 5.41) is 12.4. The number of anilines is 1. The average molecular weight is 342 g/mol. The Balaban J connectivity index is 3.05. The first kappa shape index (κ1) is 19.4. The van der Waals surface area contributed by atoms with E-state index in [-0.39, 0.29) is 16.5 Å². The lowest BCUT2D eigenvalue weighted by atomic mass is 10.1. The molecule has 0 saturated heterocycles. The lowest BCUT2D eigenvalue weighted by Crippen LogP contribution is -2.26. The van der Waals surface area contributed by atoms with Gasteiger partial charge in [0.2, 0.25) is 10.0 Å². The van der Waals surface area contributed by atoms with Crippen LogP contribution in [0.3, 0.4) is 0 Å². The smallest absolute Gasteiger partial charge is 0.337 e. The van der Waals surface area contributed by atoms with Crippen LogP contribution in [-0.4, -0.2) is 32.1 Å². The van der Waals surface area contributed by atoms with Crippen molar-refractivity contribution in [3.63, 3.8) is 0 Å². The SMILES string of the molecule is CC[C@H](C)Nc1ccc(S(=O)(=O)NCCC(C)C)cc1C(=O)O. The molecule has 0 unspecified atom stereocenters. The zero-order valence-electron chi connectivity index (χ0n) is 14.1. The second-order valence-corrected chi connectivity index (χ2v) is 7.81. The van der Waals surface area contributed by atoms with Gasteiger partial charge in [0.15, 0.2) is 0 Å². The molecule has 0 heterocycles. The van der Waals surface area contributed by atoms with Gasteiger partial charge in [-0.15, -0.1) is 0 Å².